The first-order valence-electron chi connectivity index (χ1n) is 8.58. The van der Waals surface area contributed by atoms with Crippen LogP contribution in [0.3, 0.4) is 0 Å². The van der Waals surface area contributed by atoms with E-state index in [0.29, 0.717) is 18.9 Å². The third-order valence-corrected chi connectivity index (χ3v) is 4.70. The lowest BCUT2D eigenvalue weighted by Crippen LogP contribution is -2.30. The Labute approximate surface area is 152 Å². The fraction of sp³-hybridized carbons (Fsp3) is 0.136. The Kier molecular flexibility index (Phi) is 4.32. The first-order chi connectivity index (χ1) is 12.7. The molecule has 1 unspecified atom stereocenters. The van der Waals surface area contributed by atoms with Crippen molar-refractivity contribution in [2.75, 3.05) is 11.5 Å². The lowest BCUT2D eigenvalue weighted by atomic mass is 10.0. The van der Waals surface area contributed by atoms with Crippen LogP contribution < -0.4 is 9.64 Å². The van der Waals surface area contributed by atoms with Crippen LogP contribution in [-0.2, 0) is 6.54 Å². The van der Waals surface area contributed by atoms with Crippen LogP contribution in [0.1, 0.15) is 27.5 Å². The lowest BCUT2D eigenvalue weighted by molar-refractivity contribution is 0.0696. The summed E-state index contributed by atoms with van der Waals surface area (Å²) in [6.45, 7) is 1.10. The van der Waals surface area contributed by atoms with Crippen molar-refractivity contribution in [3.05, 3.63) is 95.6 Å². The molecule has 3 aromatic rings. The zero-order valence-corrected chi connectivity index (χ0v) is 14.2. The second kappa shape index (κ2) is 6.92. The molecule has 0 saturated heterocycles. The van der Waals surface area contributed by atoms with Gasteiger partial charge in [-0.25, -0.2) is 4.79 Å². The molecule has 0 aliphatic carbocycles. The highest BCUT2D eigenvalue weighted by Crippen LogP contribution is 2.35. The number of rotatable bonds is 3. The first kappa shape index (κ1) is 16.2. The average molecular weight is 345 g/mol. The van der Waals surface area contributed by atoms with E-state index in [0.717, 1.165) is 11.3 Å². The summed E-state index contributed by atoms with van der Waals surface area (Å²) in [5, 5.41) is 9.25. The molecule has 0 spiro atoms. The summed E-state index contributed by atoms with van der Waals surface area (Å²) in [5.41, 5.74) is 3.51. The van der Waals surface area contributed by atoms with E-state index < -0.39 is 5.97 Å². The Hall–Kier alpha value is -3.27. The number of para-hydroxylation sites is 1. The summed E-state index contributed by atoms with van der Waals surface area (Å²) in [6.07, 6.45) is 0. The zero-order chi connectivity index (χ0) is 17.9. The number of carboxylic acid groups (broad SMARTS) is 1. The molecule has 1 atom stereocenters. The predicted octanol–water partition coefficient (Wildman–Crippen LogP) is 4.53. The van der Waals surface area contributed by atoms with Gasteiger partial charge in [-0.2, -0.15) is 0 Å². The molecular weight excluding hydrogens is 326 g/mol. The monoisotopic (exact) mass is 345 g/mol. The number of anilines is 1. The summed E-state index contributed by atoms with van der Waals surface area (Å²) < 4.78 is 6.05. The van der Waals surface area contributed by atoms with E-state index in [1.165, 1.54) is 5.56 Å². The van der Waals surface area contributed by atoms with Gasteiger partial charge in [0.2, 0.25) is 0 Å². The third-order valence-electron chi connectivity index (χ3n) is 4.70. The van der Waals surface area contributed by atoms with Crippen molar-refractivity contribution >= 4 is 11.7 Å². The molecule has 4 rings (SSSR count). The van der Waals surface area contributed by atoms with E-state index in [2.05, 4.69) is 29.2 Å². The van der Waals surface area contributed by atoms with Crippen LogP contribution in [0.4, 0.5) is 5.69 Å². The molecule has 0 saturated carbocycles. The Morgan fingerprint density at radius 3 is 2.35 bits per heavy atom. The minimum atomic E-state index is -0.944. The van der Waals surface area contributed by atoms with Crippen molar-refractivity contribution in [3.8, 4) is 5.75 Å². The summed E-state index contributed by atoms with van der Waals surface area (Å²) >= 11 is 0. The second-order valence-electron chi connectivity index (χ2n) is 6.33. The van der Waals surface area contributed by atoms with Gasteiger partial charge in [0, 0.05) is 17.8 Å². The molecule has 0 aromatic heterocycles. The summed E-state index contributed by atoms with van der Waals surface area (Å²) in [4.78, 5) is 13.6. The van der Waals surface area contributed by atoms with E-state index in [1.54, 1.807) is 12.1 Å². The Balaban J connectivity index is 1.77. The topological polar surface area (TPSA) is 49.8 Å². The molecule has 0 bridgehead atoms. The van der Waals surface area contributed by atoms with Crippen LogP contribution in [0, 0.1) is 0 Å². The van der Waals surface area contributed by atoms with E-state index in [1.807, 2.05) is 42.5 Å². The number of hydrogen-bond donors (Lipinski definition) is 1. The van der Waals surface area contributed by atoms with E-state index in [-0.39, 0.29) is 11.6 Å². The van der Waals surface area contributed by atoms with Crippen molar-refractivity contribution < 1.29 is 14.6 Å². The van der Waals surface area contributed by atoms with Crippen molar-refractivity contribution in [2.24, 2.45) is 0 Å². The van der Waals surface area contributed by atoms with Gasteiger partial charge in [0.15, 0.2) is 0 Å². The van der Waals surface area contributed by atoms with Crippen LogP contribution in [0.15, 0.2) is 78.9 Å². The van der Waals surface area contributed by atoms with Crippen LogP contribution >= 0.6 is 0 Å². The molecule has 0 radical (unpaired) electrons. The van der Waals surface area contributed by atoms with Gasteiger partial charge in [-0.05, 0) is 29.8 Å². The van der Waals surface area contributed by atoms with E-state index >= 15 is 0 Å². The molecule has 0 amide bonds. The van der Waals surface area contributed by atoms with Gasteiger partial charge in [0.1, 0.15) is 12.4 Å². The smallest absolute Gasteiger partial charge is 0.335 e. The van der Waals surface area contributed by atoms with E-state index in [9.17, 15) is 9.90 Å². The predicted molar refractivity (Wildman–Crippen MR) is 101 cm³/mol. The van der Waals surface area contributed by atoms with Gasteiger partial charge < -0.3 is 14.7 Å². The molecule has 4 nitrogen and oxygen atoms in total. The Morgan fingerprint density at radius 1 is 0.962 bits per heavy atom. The standard InChI is InChI=1S/C22H19NO3/c24-22(25)17-11-12-18-14-23(19-9-5-2-6-10-19)20(15-26-21(18)13-17)16-7-3-1-4-8-16/h1-13,20H,14-15H2,(H,24,25). The Morgan fingerprint density at radius 2 is 1.65 bits per heavy atom. The highest BCUT2D eigenvalue weighted by atomic mass is 16.5. The van der Waals surface area contributed by atoms with Crippen molar-refractivity contribution in [1.29, 1.82) is 0 Å². The lowest BCUT2D eigenvalue weighted by Gasteiger charge is -2.31. The number of aromatic carboxylic acids is 1. The maximum absolute atomic E-state index is 11.3. The van der Waals surface area contributed by atoms with Crippen molar-refractivity contribution in [2.45, 2.75) is 12.6 Å². The number of hydrogen-bond acceptors (Lipinski definition) is 3. The van der Waals surface area contributed by atoms with Gasteiger partial charge in [-0.15, -0.1) is 0 Å². The van der Waals surface area contributed by atoms with Gasteiger partial charge >= 0.3 is 5.97 Å². The Bertz CT molecular complexity index is 909. The molecule has 4 heteroatoms. The molecule has 1 aliphatic rings. The molecule has 0 fully saturated rings. The number of nitrogens with zero attached hydrogens (tertiary/aromatic N) is 1. The fourth-order valence-electron chi connectivity index (χ4n) is 3.35. The second-order valence-corrected chi connectivity index (χ2v) is 6.33. The zero-order valence-electron chi connectivity index (χ0n) is 14.2. The number of carbonyl (C=O) groups is 1. The molecule has 1 aliphatic heterocycles. The molecule has 3 aromatic carbocycles. The minimum Gasteiger partial charge on any atom is -0.491 e. The summed E-state index contributed by atoms with van der Waals surface area (Å²) in [6, 6.07) is 25.6. The van der Waals surface area contributed by atoms with Crippen LogP contribution in [0.5, 0.6) is 5.75 Å². The summed E-state index contributed by atoms with van der Waals surface area (Å²) in [5.74, 6) is -0.301. The highest BCUT2D eigenvalue weighted by molar-refractivity contribution is 5.88. The maximum Gasteiger partial charge on any atom is 0.335 e. The SMILES string of the molecule is O=C(O)c1ccc2c(c1)OCC(c1ccccc1)N(c1ccccc1)C2. The highest BCUT2D eigenvalue weighted by Gasteiger charge is 2.27. The third kappa shape index (κ3) is 3.14. The fourth-order valence-corrected chi connectivity index (χ4v) is 3.35. The van der Waals surface area contributed by atoms with Crippen molar-refractivity contribution in [1.82, 2.24) is 0 Å². The normalized spacial score (nSPS) is 16.3. The molecule has 130 valence electrons. The van der Waals surface area contributed by atoms with Gasteiger partial charge in [-0.1, -0.05) is 54.6 Å². The number of fused-ring (bicyclic) bond motifs is 1. The molecule has 1 N–H and O–H groups in total. The molecule has 26 heavy (non-hydrogen) atoms. The van der Waals surface area contributed by atoms with Crippen molar-refractivity contribution in [3.63, 3.8) is 0 Å². The van der Waals surface area contributed by atoms with Crippen LogP contribution in [-0.4, -0.2) is 17.7 Å². The number of benzene rings is 3. The van der Waals surface area contributed by atoms with Crippen LogP contribution in [0.2, 0.25) is 0 Å². The van der Waals surface area contributed by atoms with Gasteiger partial charge in [0.05, 0.1) is 11.6 Å². The first-order valence-corrected chi connectivity index (χ1v) is 8.58. The molecular formula is C22H19NO3. The minimum absolute atomic E-state index is 0.0410. The van der Waals surface area contributed by atoms with Crippen LogP contribution in [0.25, 0.3) is 0 Å². The van der Waals surface area contributed by atoms with Gasteiger partial charge in [0.25, 0.3) is 0 Å². The summed E-state index contributed by atoms with van der Waals surface area (Å²) in [7, 11) is 0. The number of carboxylic acids is 1. The number of ether oxygens (including phenoxy) is 1. The molecule has 1 heterocycles. The average Bonchev–Trinajstić information content (AvgIpc) is 2.88. The quantitative estimate of drug-likeness (QED) is 0.758. The largest absolute Gasteiger partial charge is 0.491 e. The van der Waals surface area contributed by atoms with E-state index in [4.69, 9.17) is 4.74 Å². The van der Waals surface area contributed by atoms with Gasteiger partial charge in [-0.3, -0.25) is 0 Å². The maximum atomic E-state index is 11.3.